The third-order valence-electron chi connectivity index (χ3n) is 3.74. The first-order chi connectivity index (χ1) is 9.63. The number of likely N-dealkylation sites (tertiary alicyclic amines) is 1. The van der Waals surface area contributed by atoms with Crippen LogP contribution in [0.25, 0.3) is 5.57 Å². The number of carbonyl (C=O) groups excluding carboxylic acids is 1. The number of aromatic nitrogens is 1. The van der Waals surface area contributed by atoms with Crippen molar-refractivity contribution in [3.8, 4) is 0 Å². The van der Waals surface area contributed by atoms with Gasteiger partial charge in [-0.05, 0) is 37.8 Å². The molecule has 1 saturated heterocycles. The van der Waals surface area contributed by atoms with Gasteiger partial charge in [-0.25, -0.2) is 4.98 Å². The van der Waals surface area contributed by atoms with Crippen LogP contribution in [0.1, 0.15) is 30.0 Å². The SMILES string of the molecule is Cc1nc(C2=CCC(C(=O)N3CCCC(O)C3)=C2)cs1. The van der Waals surface area contributed by atoms with Crippen molar-refractivity contribution in [2.45, 2.75) is 32.3 Å². The van der Waals surface area contributed by atoms with Crippen molar-refractivity contribution in [3.05, 3.63) is 33.8 Å². The molecule has 1 aromatic heterocycles. The fourth-order valence-corrected chi connectivity index (χ4v) is 3.31. The molecule has 2 aliphatic rings. The van der Waals surface area contributed by atoms with Crippen LogP contribution in [0.3, 0.4) is 0 Å². The first-order valence-electron chi connectivity index (χ1n) is 6.94. The molecule has 1 unspecified atom stereocenters. The van der Waals surface area contributed by atoms with E-state index in [0.717, 1.165) is 41.2 Å². The zero-order valence-electron chi connectivity index (χ0n) is 11.5. The summed E-state index contributed by atoms with van der Waals surface area (Å²) in [6.07, 6.45) is 5.97. The number of thiazole rings is 1. The molecule has 4 nitrogen and oxygen atoms in total. The van der Waals surface area contributed by atoms with Crippen molar-refractivity contribution in [1.82, 2.24) is 9.88 Å². The summed E-state index contributed by atoms with van der Waals surface area (Å²) in [5, 5.41) is 12.7. The Kier molecular flexibility index (Phi) is 3.72. The van der Waals surface area contributed by atoms with Gasteiger partial charge in [0.1, 0.15) is 0 Å². The number of hydrogen-bond donors (Lipinski definition) is 1. The Hall–Kier alpha value is -1.46. The zero-order chi connectivity index (χ0) is 14.1. The fraction of sp³-hybridized carbons (Fsp3) is 0.467. The van der Waals surface area contributed by atoms with Crippen LogP contribution in [0.5, 0.6) is 0 Å². The van der Waals surface area contributed by atoms with Crippen molar-refractivity contribution in [1.29, 1.82) is 0 Å². The second kappa shape index (κ2) is 5.50. The van der Waals surface area contributed by atoms with Gasteiger partial charge in [0.2, 0.25) is 5.91 Å². The number of aliphatic hydroxyl groups is 1. The van der Waals surface area contributed by atoms with Crippen LogP contribution < -0.4 is 0 Å². The molecule has 0 radical (unpaired) electrons. The van der Waals surface area contributed by atoms with Gasteiger partial charge in [-0.3, -0.25) is 4.79 Å². The van der Waals surface area contributed by atoms with E-state index < -0.39 is 0 Å². The Labute approximate surface area is 122 Å². The van der Waals surface area contributed by atoms with E-state index in [0.29, 0.717) is 13.0 Å². The highest BCUT2D eigenvalue weighted by Crippen LogP contribution is 2.28. The number of nitrogens with zero attached hydrogens (tertiary/aromatic N) is 2. The molecule has 1 aliphatic heterocycles. The number of aliphatic hydroxyl groups excluding tert-OH is 1. The second-order valence-corrected chi connectivity index (χ2v) is 6.39. The maximum Gasteiger partial charge on any atom is 0.250 e. The smallest absolute Gasteiger partial charge is 0.250 e. The molecule has 20 heavy (non-hydrogen) atoms. The molecule has 1 fully saturated rings. The van der Waals surface area contributed by atoms with E-state index >= 15 is 0 Å². The van der Waals surface area contributed by atoms with E-state index in [4.69, 9.17) is 0 Å². The molecule has 2 heterocycles. The normalized spacial score (nSPS) is 22.7. The second-order valence-electron chi connectivity index (χ2n) is 5.33. The van der Waals surface area contributed by atoms with Crippen LogP contribution in [0.15, 0.2) is 23.1 Å². The van der Waals surface area contributed by atoms with Gasteiger partial charge in [-0.15, -0.1) is 11.3 Å². The molecule has 106 valence electrons. The van der Waals surface area contributed by atoms with Crippen LogP contribution >= 0.6 is 11.3 Å². The summed E-state index contributed by atoms with van der Waals surface area (Å²) in [7, 11) is 0. The summed E-state index contributed by atoms with van der Waals surface area (Å²) in [6.45, 7) is 3.19. The number of amides is 1. The summed E-state index contributed by atoms with van der Waals surface area (Å²) < 4.78 is 0. The molecule has 0 bridgehead atoms. The lowest BCUT2D eigenvalue weighted by Gasteiger charge is -2.30. The fourth-order valence-electron chi connectivity index (χ4n) is 2.69. The van der Waals surface area contributed by atoms with Crippen molar-refractivity contribution in [2.75, 3.05) is 13.1 Å². The minimum absolute atomic E-state index is 0.0574. The average Bonchev–Trinajstić information content (AvgIpc) is 3.06. The van der Waals surface area contributed by atoms with Crippen molar-refractivity contribution >= 4 is 22.8 Å². The molecular weight excluding hydrogens is 272 g/mol. The summed E-state index contributed by atoms with van der Waals surface area (Å²) in [4.78, 5) is 18.6. The summed E-state index contributed by atoms with van der Waals surface area (Å²) >= 11 is 1.62. The number of β-amino-alcohol motifs (C(OH)–C–C–N with tert-alkyl or cyclic N) is 1. The third kappa shape index (κ3) is 2.69. The largest absolute Gasteiger partial charge is 0.391 e. The van der Waals surface area contributed by atoms with Gasteiger partial charge in [0.25, 0.3) is 0 Å². The Morgan fingerprint density at radius 1 is 1.55 bits per heavy atom. The highest BCUT2D eigenvalue weighted by Gasteiger charge is 2.26. The molecule has 0 saturated carbocycles. The van der Waals surface area contributed by atoms with Crippen LogP contribution in [-0.2, 0) is 4.79 Å². The monoisotopic (exact) mass is 290 g/mol. The lowest BCUT2D eigenvalue weighted by atomic mass is 10.1. The highest BCUT2D eigenvalue weighted by atomic mass is 32.1. The van der Waals surface area contributed by atoms with Gasteiger partial charge < -0.3 is 10.0 Å². The van der Waals surface area contributed by atoms with Crippen LogP contribution in [0, 0.1) is 6.92 Å². The molecule has 1 aromatic rings. The van der Waals surface area contributed by atoms with E-state index in [9.17, 15) is 9.90 Å². The predicted molar refractivity (Wildman–Crippen MR) is 79.3 cm³/mol. The Morgan fingerprint density at radius 2 is 2.40 bits per heavy atom. The summed E-state index contributed by atoms with van der Waals surface area (Å²) in [6, 6.07) is 0. The van der Waals surface area contributed by atoms with E-state index in [1.807, 2.05) is 18.4 Å². The van der Waals surface area contributed by atoms with E-state index in [-0.39, 0.29) is 12.0 Å². The average molecular weight is 290 g/mol. The first kappa shape index (κ1) is 13.5. The topological polar surface area (TPSA) is 53.4 Å². The van der Waals surface area contributed by atoms with Crippen molar-refractivity contribution < 1.29 is 9.90 Å². The molecule has 1 atom stereocenters. The van der Waals surface area contributed by atoms with Crippen molar-refractivity contribution in [3.63, 3.8) is 0 Å². The van der Waals surface area contributed by atoms with E-state index in [2.05, 4.69) is 11.1 Å². The Balaban J connectivity index is 1.71. The number of aryl methyl sites for hydroxylation is 1. The number of rotatable bonds is 2. The molecule has 5 heteroatoms. The zero-order valence-corrected chi connectivity index (χ0v) is 12.3. The molecule has 1 aliphatic carbocycles. The predicted octanol–water partition coefficient (Wildman–Crippen LogP) is 2.15. The Bertz CT molecular complexity index is 588. The minimum Gasteiger partial charge on any atom is -0.391 e. The molecule has 0 aromatic carbocycles. The van der Waals surface area contributed by atoms with Gasteiger partial charge >= 0.3 is 0 Å². The van der Waals surface area contributed by atoms with E-state index in [1.54, 1.807) is 16.2 Å². The lowest BCUT2D eigenvalue weighted by Crippen LogP contribution is -2.42. The van der Waals surface area contributed by atoms with Crippen molar-refractivity contribution in [2.24, 2.45) is 0 Å². The maximum absolute atomic E-state index is 12.4. The first-order valence-corrected chi connectivity index (χ1v) is 7.82. The Morgan fingerprint density at radius 3 is 3.10 bits per heavy atom. The highest BCUT2D eigenvalue weighted by molar-refractivity contribution is 7.09. The molecule has 0 spiro atoms. The lowest BCUT2D eigenvalue weighted by molar-refractivity contribution is -0.130. The molecular formula is C15H18N2O2S. The molecule has 1 N–H and O–H groups in total. The van der Waals surface area contributed by atoms with Crippen LogP contribution in [0.4, 0.5) is 0 Å². The van der Waals surface area contributed by atoms with Gasteiger partial charge in [-0.2, -0.15) is 0 Å². The third-order valence-corrected chi connectivity index (χ3v) is 4.52. The van der Waals surface area contributed by atoms with Crippen LogP contribution in [0.2, 0.25) is 0 Å². The standard InChI is InChI=1S/C15H18N2O2S/c1-10-16-14(9-20-10)11-4-5-12(7-11)15(19)17-6-2-3-13(18)8-17/h4,7,9,13,18H,2-3,5-6,8H2,1H3. The molecule has 3 rings (SSSR count). The maximum atomic E-state index is 12.4. The van der Waals surface area contributed by atoms with E-state index in [1.165, 1.54) is 0 Å². The van der Waals surface area contributed by atoms with Gasteiger partial charge in [-0.1, -0.05) is 6.08 Å². The van der Waals surface area contributed by atoms with Gasteiger partial charge in [0.05, 0.1) is 16.8 Å². The summed E-state index contributed by atoms with van der Waals surface area (Å²) in [5.74, 6) is 0.0574. The number of hydrogen-bond acceptors (Lipinski definition) is 4. The quantitative estimate of drug-likeness (QED) is 0.908. The van der Waals surface area contributed by atoms with Crippen LogP contribution in [-0.4, -0.2) is 40.1 Å². The van der Waals surface area contributed by atoms with Gasteiger partial charge in [0.15, 0.2) is 0 Å². The number of piperidine rings is 1. The van der Waals surface area contributed by atoms with Gasteiger partial charge in [0, 0.05) is 24.0 Å². The minimum atomic E-state index is -0.372. The number of allylic oxidation sites excluding steroid dienone is 3. The molecule has 1 amide bonds. The summed E-state index contributed by atoms with van der Waals surface area (Å²) in [5.41, 5.74) is 2.80. The number of carbonyl (C=O) groups is 1.